The van der Waals surface area contributed by atoms with Gasteiger partial charge < -0.3 is 15.0 Å². The molecule has 1 aromatic rings. The maximum Gasteiger partial charge on any atom is 0.234 e. The number of ether oxygens (including phenoxy) is 1. The molecular formula is C16H25N3O2. The molecule has 1 amide bonds. The number of anilines is 1. The van der Waals surface area contributed by atoms with Crippen molar-refractivity contribution in [2.45, 2.75) is 13.3 Å². The zero-order valence-electron chi connectivity index (χ0n) is 13.0. The van der Waals surface area contributed by atoms with Crippen LogP contribution in [0.1, 0.15) is 13.3 Å². The molecule has 0 aromatic heterocycles. The summed E-state index contributed by atoms with van der Waals surface area (Å²) in [6.45, 7) is 7.04. The highest BCUT2D eigenvalue weighted by molar-refractivity contribution is 5.78. The van der Waals surface area contributed by atoms with Gasteiger partial charge in [-0.15, -0.1) is 0 Å². The average molecular weight is 291 g/mol. The SMILES string of the molecule is CCCNC(=O)CN1CCN(c2cccc(OC)c2)CC1. The number of piperazine rings is 1. The minimum absolute atomic E-state index is 0.131. The number of carbonyl (C=O) groups is 1. The number of hydrogen-bond acceptors (Lipinski definition) is 4. The minimum atomic E-state index is 0.131. The molecule has 0 atom stereocenters. The highest BCUT2D eigenvalue weighted by Gasteiger charge is 2.19. The Morgan fingerprint density at radius 3 is 2.71 bits per heavy atom. The third kappa shape index (κ3) is 4.63. The van der Waals surface area contributed by atoms with Gasteiger partial charge in [-0.05, 0) is 18.6 Å². The predicted molar refractivity (Wildman–Crippen MR) is 84.9 cm³/mol. The van der Waals surface area contributed by atoms with Crippen molar-refractivity contribution in [3.8, 4) is 5.75 Å². The summed E-state index contributed by atoms with van der Waals surface area (Å²) in [5.41, 5.74) is 1.18. The molecular weight excluding hydrogens is 266 g/mol. The lowest BCUT2D eigenvalue weighted by Crippen LogP contribution is -2.49. The number of hydrogen-bond donors (Lipinski definition) is 1. The summed E-state index contributed by atoms with van der Waals surface area (Å²) in [5.74, 6) is 1.01. The van der Waals surface area contributed by atoms with E-state index in [-0.39, 0.29) is 5.91 Å². The number of amides is 1. The number of benzene rings is 1. The van der Waals surface area contributed by atoms with Gasteiger partial charge >= 0.3 is 0 Å². The molecule has 1 aliphatic heterocycles. The van der Waals surface area contributed by atoms with Crippen molar-refractivity contribution in [1.82, 2.24) is 10.2 Å². The van der Waals surface area contributed by atoms with Gasteiger partial charge in [-0.3, -0.25) is 9.69 Å². The summed E-state index contributed by atoms with van der Waals surface area (Å²) in [6.07, 6.45) is 0.982. The number of carbonyl (C=O) groups excluding carboxylic acids is 1. The van der Waals surface area contributed by atoms with Crippen LogP contribution in [-0.2, 0) is 4.79 Å². The van der Waals surface area contributed by atoms with Crippen LogP contribution in [0.4, 0.5) is 5.69 Å². The van der Waals surface area contributed by atoms with Crippen molar-refractivity contribution in [2.75, 3.05) is 51.3 Å². The van der Waals surface area contributed by atoms with Crippen LogP contribution in [0, 0.1) is 0 Å². The van der Waals surface area contributed by atoms with Crippen LogP contribution >= 0.6 is 0 Å². The lowest BCUT2D eigenvalue weighted by molar-refractivity contribution is -0.122. The maximum absolute atomic E-state index is 11.7. The van der Waals surface area contributed by atoms with Crippen LogP contribution in [0.3, 0.4) is 0 Å². The quantitative estimate of drug-likeness (QED) is 0.859. The highest BCUT2D eigenvalue weighted by Crippen LogP contribution is 2.21. The second-order valence-electron chi connectivity index (χ2n) is 5.31. The molecule has 21 heavy (non-hydrogen) atoms. The summed E-state index contributed by atoms with van der Waals surface area (Å²) in [6, 6.07) is 8.13. The molecule has 5 heteroatoms. The molecule has 1 heterocycles. The first kappa shape index (κ1) is 15.6. The van der Waals surface area contributed by atoms with Gasteiger partial charge in [0, 0.05) is 44.5 Å². The standard InChI is InChI=1S/C16H25N3O2/c1-3-7-17-16(20)13-18-8-10-19(11-9-18)14-5-4-6-15(12-14)21-2/h4-6,12H,3,7-11,13H2,1-2H3,(H,17,20). The fraction of sp³-hybridized carbons (Fsp3) is 0.562. The summed E-state index contributed by atoms with van der Waals surface area (Å²) in [5, 5.41) is 2.93. The summed E-state index contributed by atoms with van der Waals surface area (Å²) in [4.78, 5) is 16.3. The molecule has 1 fully saturated rings. The maximum atomic E-state index is 11.7. The summed E-state index contributed by atoms with van der Waals surface area (Å²) < 4.78 is 5.27. The summed E-state index contributed by atoms with van der Waals surface area (Å²) in [7, 11) is 1.69. The van der Waals surface area contributed by atoms with E-state index in [2.05, 4.69) is 34.2 Å². The van der Waals surface area contributed by atoms with Crippen LogP contribution < -0.4 is 15.0 Å². The Morgan fingerprint density at radius 1 is 1.29 bits per heavy atom. The second kappa shape index (κ2) is 7.88. The van der Waals surface area contributed by atoms with E-state index < -0.39 is 0 Å². The van der Waals surface area contributed by atoms with Gasteiger partial charge in [-0.25, -0.2) is 0 Å². The Bertz CT molecular complexity index is 457. The Morgan fingerprint density at radius 2 is 2.05 bits per heavy atom. The molecule has 0 bridgehead atoms. The third-order valence-corrected chi connectivity index (χ3v) is 3.73. The molecule has 1 aromatic carbocycles. The van der Waals surface area contributed by atoms with Crippen molar-refractivity contribution in [3.05, 3.63) is 24.3 Å². The molecule has 0 saturated carbocycles. The minimum Gasteiger partial charge on any atom is -0.497 e. The fourth-order valence-corrected chi connectivity index (χ4v) is 2.49. The van der Waals surface area contributed by atoms with E-state index in [1.807, 2.05) is 12.1 Å². The van der Waals surface area contributed by atoms with Crippen LogP contribution in [0.2, 0.25) is 0 Å². The van der Waals surface area contributed by atoms with Gasteiger partial charge in [0.25, 0.3) is 0 Å². The van der Waals surface area contributed by atoms with E-state index >= 15 is 0 Å². The van der Waals surface area contributed by atoms with Gasteiger partial charge in [0.2, 0.25) is 5.91 Å². The van der Waals surface area contributed by atoms with E-state index in [1.165, 1.54) is 5.69 Å². The highest BCUT2D eigenvalue weighted by atomic mass is 16.5. The van der Waals surface area contributed by atoms with E-state index in [0.29, 0.717) is 6.54 Å². The zero-order chi connectivity index (χ0) is 15.1. The fourth-order valence-electron chi connectivity index (χ4n) is 2.49. The molecule has 1 aliphatic rings. The van der Waals surface area contributed by atoms with Gasteiger partial charge in [-0.1, -0.05) is 13.0 Å². The topological polar surface area (TPSA) is 44.8 Å². The first-order valence-corrected chi connectivity index (χ1v) is 7.61. The van der Waals surface area contributed by atoms with Crippen molar-refractivity contribution >= 4 is 11.6 Å². The van der Waals surface area contributed by atoms with Crippen LogP contribution in [0.25, 0.3) is 0 Å². The largest absolute Gasteiger partial charge is 0.497 e. The van der Waals surface area contributed by atoms with Gasteiger partial charge in [0.05, 0.1) is 13.7 Å². The van der Waals surface area contributed by atoms with Gasteiger partial charge in [0.15, 0.2) is 0 Å². The van der Waals surface area contributed by atoms with Crippen LogP contribution in [0.5, 0.6) is 5.75 Å². The van der Waals surface area contributed by atoms with Crippen molar-refractivity contribution in [2.24, 2.45) is 0 Å². The lowest BCUT2D eigenvalue weighted by atomic mass is 10.2. The smallest absolute Gasteiger partial charge is 0.234 e. The van der Waals surface area contributed by atoms with Crippen molar-refractivity contribution in [3.63, 3.8) is 0 Å². The Balaban J connectivity index is 1.81. The third-order valence-electron chi connectivity index (χ3n) is 3.73. The van der Waals surface area contributed by atoms with Crippen LogP contribution in [-0.4, -0.2) is 57.2 Å². The van der Waals surface area contributed by atoms with E-state index in [9.17, 15) is 4.79 Å². The first-order valence-electron chi connectivity index (χ1n) is 7.61. The van der Waals surface area contributed by atoms with Crippen molar-refractivity contribution in [1.29, 1.82) is 0 Å². The zero-order valence-corrected chi connectivity index (χ0v) is 13.0. The normalized spacial score (nSPS) is 15.8. The van der Waals surface area contributed by atoms with Gasteiger partial charge in [0.1, 0.15) is 5.75 Å². The van der Waals surface area contributed by atoms with Gasteiger partial charge in [-0.2, -0.15) is 0 Å². The second-order valence-corrected chi connectivity index (χ2v) is 5.31. The monoisotopic (exact) mass is 291 g/mol. The molecule has 0 aliphatic carbocycles. The molecule has 116 valence electrons. The number of nitrogens with one attached hydrogen (secondary N) is 1. The Labute approximate surface area is 126 Å². The number of nitrogens with zero attached hydrogens (tertiary/aromatic N) is 2. The number of methoxy groups -OCH3 is 1. The average Bonchev–Trinajstić information content (AvgIpc) is 2.53. The molecule has 1 saturated heterocycles. The molecule has 0 spiro atoms. The van der Waals surface area contributed by atoms with E-state index in [4.69, 9.17) is 4.74 Å². The first-order chi connectivity index (χ1) is 10.2. The lowest BCUT2D eigenvalue weighted by Gasteiger charge is -2.35. The molecule has 2 rings (SSSR count). The Hall–Kier alpha value is -1.75. The number of rotatable bonds is 6. The molecule has 0 radical (unpaired) electrons. The molecule has 5 nitrogen and oxygen atoms in total. The molecule has 1 N–H and O–H groups in total. The van der Waals surface area contributed by atoms with E-state index in [1.54, 1.807) is 7.11 Å². The van der Waals surface area contributed by atoms with Crippen molar-refractivity contribution < 1.29 is 9.53 Å². The van der Waals surface area contributed by atoms with Crippen LogP contribution in [0.15, 0.2) is 24.3 Å². The van der Waals surface area contributed by atoms with E-state index in [0.717, 1.165) is 44.9 Å². The Kier molecular flexibility index (Phi) is 5.87. The predicted octanol–water partition coefficient (Wildman–Crippen LogP) is 1.34. The molecule has 0 unspecified atom stereocenters. The summed E-state index contributed by atoms with van der Waals surface area (Å²) >= 11 is 0.